The fraction of sp³-hybridized carbons (Fsp3) is 0.450. The van der Waals surface area contributed by atoms with Crippen molar-refractivity contribution in [2.45, 2.75) is 38.3 Å². The molecule has 1 fully saturated rings. The fourth-order valence-corrected chi connectivity index (χ4v) is 3.34. The largest absolute Gasteiger partial charge is 0.496 e. The number of ether oxygens (including phenoxy) is 1. The lowest BCUT2D eigenvalue weighted by Crippen LogP contribution is -2.29. The minimum Gasteiger partial charge on any atom is -0.496 e. The van der Waals surface area contributed by atoms with Crippen molar-refractivity contribution in [1.82, 2.24) is 9.97 Å². The van der Waals surface area contributed by atoms with Crippen LogP contribution in [0.1, 0.15) is 36.8 Å². The highest BCUT2D eigenvalue weighted by molar-refractivity contribution is 5.53. The van der Waals surface area contributed by atoms with Crippen molar-refractivity contribution in [3.05, 3.63) is 41.6 Å². The van der Waals surface area contributed by atoms with Crippen molar-refractivity contribution in [2.24, 2.45) is 11.7 Å². The number of hydrogen-bond acceptors (Lipinski definition) is 7. The van der Waals surface area contributed by atoms with Crippen LogP contribution in [0.4, 0.5) is 11.8 Å². The molecule has 0 amide bonds. The fourth-order valence-electron chi connectivity index (χ4n) is 3.34. The van der Waals surface area contributed by atoms with Gasteiger partial charge in [0.15, 0.2) is 0 Å². The first-order chi connectivity index (χ1) is 13.2. The summed E-state index contributed by atoms with van der Waals surface area (Å²) in [4.78, 5) is 8.74. The number of nitrogens with two attached hydrogens (primary N) is 1. The van der Waals surface area contributed by atoms with Crippen LogP contribution in [0.25, 0.3) is 0 Å². The van der Waals surface area contributed by atoms with Crippen molar-refractivity contribution in [1.29, 1.82) is 5.26 Å². The molecule has 142 valence electrons. The average molecular weight is 366 g/mol. The van der Waals surface area contributed by atoms with E-state index in [9.17, 15) is 5.26 Å². The van der Waals surface area contributed by atoms with Gasteiger partial charge in [-0.2, -0.15) is 10.2 Å². The minimum absolute atomic E-state index is 0.334. The van der Waals surface area contributed by atoms with Gasteiger partial charge in [0.05, 0.1) is 13.3 Å². The molecule has 0 atom stereocenters. The maximum atomic E-state index is 9.33. The first-order valence-electron chi connectivity index (χ1n) is 9.32. The van der Waals surface area contributed by atoms with Gasteiger partial charge >= 0.3 is 0 Å². The number of nitrogens with zero attached hydrogens (tertiary/aromatic N) is 3. The molecule has 7 nitrogen and oxygen atoms in total. The summed E-state index contributed by atoms with van der Waals surface area (Å²) in [6.45, 7) is 1.33. The van der Waals surface area contributed by atoms with Crippen LogP contribution in [0.3, 0.4) is 0 Å². The molecule has 1 aromatic carbocycles. The zero-order valence-electron chi connectivity index (χ0n) is 15.6. The summed E-state index contributed by atoms with van der Waals surface area (Å²) in [6, 6.07) is 10.3. The molecule has 0 saturated heterocycles. The maximum absolute atomic E-state index is 9.33. The van der Waals surface area contributed by atoms with Crippen LogP contribution in [0.2, 0.25) is 0 Å². The zero-order chi connectivity index (χ0) is 19.1. The van der Waals surface area contributed by atoms with Crippen molar-refractivity contribution >= 4 is 11.8 Å². The van der Waals surface area contributed by atoms with Crippen LogP contribution in [-0.2, 0) is 6.54 Å². The number of nitriles is 1. The molecule has 1 aliphatic rings. The minimum atomic E-state index is 0.334. The Balaban J connectivity index is 1.63. The second-order valence-electron chi connectivity index (χ2n) is 6.89. The first kappa shape index (κ1) is 18.9. The molecule has 3 rings (SSSR count). The van der Waals surface area contributed by atoms with Gasteiger partial charge in [-0.05, 0) is 37.7 Å². The van der Waals surface area contributed by atoms with E-state index in [2.05, 4.69) is 26.7 Å². The van der Waals surface area contributed by atoms with E-state index in [1.54, 1.807) is 13.3 Å². The van der Waals surface area contributed by atoms with Gasteiger partial charge in [-0.1, -0.05) is 18.2 Å². The first-order valence-corrected chi connectivity index (χ1v) is 9.32. The van der Waals surface area contributed by atoms with E-state index in [1.807, 2.05) is 24.3 Å². The zero-order valence-corrected chi connectivity index (χ0v) is 15.6. The molecule has 4 N–H and O–H groups in total. The molecule has 1 saturated carbocycles. The summed E-state index contributed by atoms with van der Waals surface area (Å²) in [7, 11) is 1.65. The molecule has 0 bridgehead atoms. The Bertz CT molecular complexity index is 795. The molecule has 0 radical (unpaired) electrons. The quantitative estimate of drug-likeness (QED) is 0.691. The SMILES string of the molecule is COc1ccccc1CNc1ncc(C#N)c(NCC2CCC(N)CC2)n1. The predicted octanol–water partition coefficient (Wildman–Crippen LogP) is 2.90. The summed E-state index contributed by atoms with van der Waals surface area (Å²) in [6.07, 6.45) is 5.90. The molecule has 0 aliphatic heterocycles. The number of anilines is 2. The van der Waals surface area contributed by atoms with E-state index in [4.69, 9.17) is 10.5 Å². The van der Waals surface area contributed by atoms with Crippen LogP contribution in [0.15, 0.2) is 30.5 Å². The van der Waals surface area contributed by atoms with E-state index in [1.165, 1.54) is 0 Å². The second-order valence-corrected chi connectivity index (χ2v) is 6.89. The third kappa shape index (κ3) is 5.08. The van der Waals surface area contributed by atoms with Crippen LogP contribution < -0.4 is 21.1 Å². The molecular weight excluding hydrogens is 340 g/mol. The van der Waals surface area contributed by atoms with Gasteiger partial charge < -0.3 is 21.1 Å². The van der Waals surface area contributed by atoms with Gasteiger partial charge in [-0.3, -0.25) is 0 Å². The Hall–Kier alpha value is -2.85. The lowest BCUT2D eigenvalue weighted by Gasteiger charge is -2.26. The van der Waals surface area contributed by atoms with E-state index in [0.29, 0.717) is 35.8 Å². The number of nitrogens with one attached hydrogen (secondary N) is 2. The summed E-state index contributed by atoms with van der Waals surface area (Å²) >= 11 is 0. The normalized spacial score (nSPS) is 19.1. The topological polar surface area (TPSA) is 109 Å². The number of methoxy groups -OCH3 is 1. The van der Waals surface area contributed by atoms with E-state index in [0.717, 1.165) is 43.5 Å². The number of benzene rings is 1. The van der Waals surface area contributed by atoms with Gasteiger partial charge in [0.1, 0.15) is 23.2 Å². The Morgan fingerprint density at radius 2 is 2.00 bits per heavy atom. The Kier molecular flexibility index (Phi) is 6.44. The smallest absolute Gasteiger partial charge is 0.224 e. The molecule has 0 spiro atoms. The third-order valence-corrected chi connectivity index (χ3v) is 4.99. The predicted molar refractivity (Wildman–Crippen MR) is 105 cm³/mol. The van der Waals surface area contributed by atoms with Crippen LogP contribution >= 0.6 is 0 Å². The molecule has 1 aliphatic carbocycles. The van der Waals surface area contributed by atoms with Crippen molar-refractivity contribution in [3.8, 4) is 11.8 Å². The Labute approximate surface area is 160 Å². The van der Waals surface area contributed by atoms with Crippen molar-refractivity contribution < 1.29 is 4.74 Å². The molecule has 0 unspecified atom stereocenters. The highest BCUT2D eigenvalue weighted by Crippen LogP contribution is 2.24. The van der Waals surface area contributed by atoms with Crippen molar-refractivity contribution in [3.63, 3.8) is 0 Å². The monoisotopic (exact) mass is 366 g/mol. The van der Waals surface area contributed by atoms with Gasteiger partial charge in [-0.15, -0.1) is 0 Å². The lowest BCUT2D eigenvalue weighted by molar-refractivity contribution is 0.338. The van der Waals surface area contributed by atoms with E-state index < -0.39 is 0 Å². The number of aromatic nitrogens is 2. The highest BCUT2D eigenvalue weighted by Gasteiger charge is 2.19. The molecule has 7 heteroatoms. The Morgan fingerprint density at radius 3 is 2.74 bits per heavy atom. The third-order valence-electron chi connectivity index (χ3n) is 4.99. The summed E-state index contributed by atoms with van der Waals surface area (Å²) in [5.41, 5.74) is 7.43. The second kappa shape index (κ2) is 9.19. The molecule has 2 aromatic rings. The average Bonchev–Trinajstić information content (AvgIpc) is 2.72. The highest BCUT2D eigenvalue weighted by atomic mass is 16.5. The summed E-state index contributed by atoms with van der Waals surface area (Å²) in [5, 5.41) is 15.9. The van der Waals surface area contributed by atoms with Crippen molar-refractivity contribution in [2.75, 3.05) is 24.3 Å². The maximum Gasteiger partial charge on any atom is 0.224 e. The molecule has 1 heterocycles. The number of para-hydroxylation sites is 1. The Morgan fingerprint density at radius 1 is 1.22 bits per heavy atom. The van der Waals surface area contributed by atoms with Gasteiger partial charge in [0.25, 0.3) is 0 Å². The van der Waals surface area contributed by atoms with E-state index >= 15 is 0 Å². The molecule has 1 aromatic heterocycles. The van der Waals surface area contributed by atoms with E-state index in [-0.39, 0.29) is 0 Å². The summed E-state index contributed by atoms with van der Waals surface area (Å²) in [5.74, 6) is 2.43. The molecular formula is C20H26N6O. The number of hydrogen-bond donors (Lipinski definition) is 3. The van der Waals surface area contributed by atoms with Gasteiger partial charge in [0, 0.05) is 24.7 Å². The molecule has 27 heavy (non-hydrogen) atoms. The van der Waals surface area contributed by atoms with Crippen LogP contribution in [0.5, 0.6) is 5.75 Å². The number of rotatable bonds is 7. The van der Waals surface area contributed by atoms with Crippen LogP contribution in [0, 0.1) is 17.2 Å². The lowest BCUT2D eigenvalue weighted by atomic mass is 9.86. The summed E-state index contributed by atoms with van der Waals surface area (Å²) < 4.78 is 5.36. The van der Waals surface area contributed by atoms with Gasteiger partial charge in [0.2, 0.25) is 5.95 Å². The van der Waals surface area contributed by atoms with Gasteiger partial charge in [-0.25, -0.2) is 4.98 Å². The van der Waals surface area contributed by atoms with Crippen LogP contribution in [-0.4, -0.2) is 29.7 Å². The standard InChI is InChI=1S/C20H26N6O/c1-27-18-5-3-2-4-15(18)12-24-20-25-13-16(10-21)19(26-20)23-11-14-6-8-17(22)9-7-14/h2-5,13-14,17H,6-9,11-12,22H2,1H3,(H2,23,24,25,26).